The maximum Gasteiger partial charge on any atom is 0.240 e. The van der Waals surface area contributed by atoms with Crippen LogP contribution in [0.25, 0.3) is 0 Å². The Morgan fingerprint density at radius 3 is 2.43 bits per heavy atom. The van der Waals surface area contributed by atoms with E-state index in [1.54, 1.807) is 25.3 Å². The van der Waals surface area contributed by atoms with E-state index >= 15 is 0 Å². The van der Waals surface area contributed by atoms with Crippen LogP contribution in [0.15, 0.2) is 81.5 Å². The van der Waals surface area contributed by atoms with Gasteiger partial charge in [0, 0.05) is 24.9 Å². The summed E-state index contributed by atoms with van der Waals surface area (Å²) in [5.41, 5.74) is 1.36. The van der Waals surface area contributed by atoms with Gasteiger partial charge in [-0.1, -0.05) is 18.2 Å². The number of nitriles is 1. The second kappa shape index (κ2) is 8.75. The second-order valence-corrected chi connectivity index (χ2v) is 10.2. The number of nitrogens with one attached hydrogen (secondary N) is 1. The third-order valence-electron chi connectivity index (χ3n) is 4.43. The number of hydrogen-bond acceptors (Lipinski definition) is 6. The number of rotatable bonds is 7. The molecule has 0 amide bonds. The van der Waals surface area contributed by atoms with E-state index in [-0.39, 0.29) is 26.8 Å². The van der Waals surface area contributed by atoms with Crippen molar-refractivity contribution in [2.45, 2.75) is 28.0 Å². The Morgan fingerprint density at radius 2 is 1.73 bits per heavy atom. The molecular formula is C21H19N3O4S2. The summed E-state index contributed by atoms with van der Waals surface area (Å²) in [7, 11) is -7.92. The zero-order valence-electron chi connectivity index (χ0n) is 16.1. The highest BCUT2D eigenvalue weighted by Gasteiger charge is 2.23. The predicted octanol–water partition coefficient (Wildman–Crippen LogP) is 2.62. The van der Waals surface area contributed by atoms with E-state index < -0.39 is 19.9 Å². The maximum atomic E-state index is 13.0. The molecular weight excluding hydrogens is 422 g/mol. The van der Waals surface area contributed by atoms with Crippen LogP contribution in [-0.4, -0.2) is 28.4 Å². The normalized spacial score (nSPS) is 11.7. The van der Waals surface area contributed by atoms with E-state index in [2.05, 4.69) is 9.71 Å². The number of aryl methyl sites for hydroxylation is 1. The van der Waals surface area contributed by atoms with Gasteiger partial charge in [-0.25, -0.2) is 21.6 Å². The van der Waals surface area contributed by atoms with Gasteiger partial charge in [0.2, 0.25) is 19.9 Å². The first-order chi connectivity index (χ1) is 14.2. The molecule has 3 rings (SSSR count). The number of hydrogen-bond donors (Lipinski definition) is 1. The van der Waals surface area contributed by atoms with Gasteiger partial charge >= 0.3 is 0 Å². The largest absolute Gasteiger partial charge is 0.261 e. The molecule has 0 spiro atoms. The van der Waals surface area contributed by atoms with Gasteiger partial charge in [0.1, 0.15) is 0 Å². The molecule has 30 heavy (non-hydrogen) atoms. The predicted molar refractivity (Wildman–Crippen MR) is 111 cm³/mol. The molecule has 1 N–H and O–H groups in total. The van der Waals surface area contributed by atoms with Gasteiger partial charge in [-0.15, -0.1) is 0 Å². The molecule has 0 bridgehead atoms. The Kier molecular flexibility index (Phi) is 6.31. The minimum Gasteiger partial charge on any atom is -0.261 e. The topological polar surface area (TPSA) is 117 Å². The Morgan fingerprint density at radius 1 is 0.967 bits per heavy atom. The second-order valence-electron chi connectivity index (χ2n) is 6.54. The SMILES string of the molecule is Cc1ccc(S(=O)(=O)c2cccc(C#N)c2)cc1S(=O)(=O)NCCc1ccccn1. The van der Waals surface area contributed by atoms with Crippen molar-refractivity contribution in [3.8, 4) is 6.07 Å². The summed E-state index contributed by atoms with van der Waals surface area (Å²) in [5.74, 6) is 0. The number of sulfonamides is 1. The summed E-state index contributed by atoms with van der Waals surface area (Å²) in [4.78, 5) is 3.80. The Bertz CT molecular complexity index is 1310. The third kappa shape index (κ3) is 4.74. The smallest absolute Gasteiger partial charge is 0.240 e. The summed E-state index contributed by atoms with van der Waals surface area (Å²) in [6.07, 6.45) is 2.03. The van der Waals surface area contributed by atoms with Crippen molar-refractivity contribution in [3.63, 3.8) is 0 Å². The van der Waals surface area contributed by atoms with Crippen LogP contribution in [0.5, 0.6) is 0 Å². The number of benzene rings is 2. The molecule has 0 unspecified atom stereocenters. The molecule has 154 valence electrons. The summed E-state index contributed by atoms with van der Waals surface area (Å²) in [6.45, 7) is 1.72. The lowest BCUT2D eigenvalue weighted by atomic mass is 10.2. The van der Waals surface area contributed by atoms with Crippen LogP contribution in [-0.2, 0) is 26.3 Å². The fourth-order valence-electron chi connectivity index (χ4n) is 2.84. The van der Waals surface area contributed by atoms with E-state index in [9.17, 15) is 16.8 Å². The summed E-state index contributed by atoms with van der Waals surface area (Å²) >= 11 is 0. The van der Waals surface area contributed by atoms with Crippen LogP contribution in [0.2, 0.25) is 0 Å². The lowest BCUT2D eigenvalue weighted by molar-refractivity contribution is 0.580. The molecule has 3 aromatic rings. The monoisotopic (exact) mass is 441 g/mol. The van der Waals surface area contributed by atoms with E-state index in [1.807, 2.05) is 12.1 Å². The number of nitrogens with zero attached hydrogens (tertiary/aromatic N) is 2. The molecule has 1 heterocycles. The van der Waals surface area contributed by atoms with Gasteiger partial charge in [-0.3, -0.25) is 4.98 Å². The minimum atomic E-state index is -3.99. The molecule has 0 atom stereocenters. The van der Waals surface area contributed by atoms with Crippen molar-refractivity contribution in [2.24, 2.45) is 0 Å². The van der Waals surface area contributed by atoms with Crippen molar-refractivity contribution in [2.75, 3.05) is 6.54 Å². The van der Waals surface area contributed by atoms with E-state index in [0.717, 1.165) is 11.8 Å². The highest BCUT2D eigenvalue weighted by Crippen LogP contribution is 2.26. The molecule has 7 nitrogen and oxygen atoms in total. The van der Waals surface area contributed by atoms with Crippen LogP contribution < -0.4 is 4.72 Å². The first-order valence-electron chi connectivity index (χ1n) is 8.99. The van der Waals surface area contributed by atoms with Crippen LogP contribution in [0, 0.1) is 18.3 Å². The van der Waals surface area contributed by atoms with Crippen LogP contribution in [0.1, 0.15) is 16.8 Å². The molecule has 0 saturated heterocycles. The van der Waals surface area contributed by atoms with Crippen LogP contribution in [0.4, 0.5) is 0 Å². The molecule has 0 radical (unpaired) electrons. The molecule has 0 saturated carbocycles. The minimum absolute atomic E-state index is 0.0723. The van der Waals surface area contributed by atoms with Gasteiger partial charge < -0.3 is 0 Å². The zero-order chi connectivity index (χ0) is 21.8. The van der Waals surface area contributed by atoms with Crippen molar-refractivity contribution in [1.29, 1.82) is 5.26 Å². The van der Waals surface area contributed by atoms with E-state index in [0.29, 0.717) is 12.0 Å². The molecule has 2 aromatic carbocycles. The molecule has 9 heteroatoms. The van der Waals surface area contributed by atoms with Crippen molar-refractivity contribution in [3.05, 3.63) is 83.7 Å². The van der Waals surface area contributed by atoms with Gasteiger partial charge in [0.25, 0.3) is 0 Å². The highest BCUT2D eigenvalue weighted by molar-refractivity contribution is 7.91. The number of pyridine rings is 1. The lowest BCUT2D eigenvalue weighted by Gasteiger charge is -2.12. The quantitative estimate of drug-likeness (QED) is 0.602. The van der Waals surface area contributed by atoms with Gasteiger partial charge in [-0.05, 0) is 55.0 Å². The lowest BCUT2D eigenvalue weighted by Crippen LogP contribution is -2.27. The number of sulfone groups is 1. The average Bonchev–Trinajstić information content (AvgIpc) is 2.74. The first kappa shape index (κ1) is 21.6. The highest BCUT2D eigenvalue weighted by atomic mass is 32.2. The van der Waals surface area contributed by atoms with Gasteiger partial charge in [-0.2, -0.15) is 5.26 Å². The summed E-state index contributed by atoms with van der Waals surface area (Å²) in [5, 5.41) is 9.01. The van der Waals surface area contributed by atoms with Crippen molar-refractivity contribution < 1.29 is 16.8 Å². The number of aromatic nitrogens is 1. The molecule has 0 fully saturated rings. The van der Waals surface area contributed by atoms with Gasteiger partial charge in [0.05, 0.1) is 26.3 Å². The standard InChI is InChI=1S/C21H19N3O4S2/c1-16-8-9-20(29(25,26)19-7-4-5-17(13-19)15-22)14-21(16)30(27,28)24-12-10-18-6-2-3-11-23-18/h2-9,11,13-14,24H,10,12H2,1H3. The molecule has 0 aliphatic carbocycles. The summed E-state index contributed by atoms with van der Waals surface area (Å²) < 4.78 is 54.0. The fourth-order valence-corrected chi connectivity index (χ4v) is 5.55. The van der Waals surface area contributed by atoms with Crippen LogP contribution in [0.3, 0.4) is 0 Å². The summed E-state index contributed by atoms with van der Waals surface area (Å²) in [6, 6.07) is 16.8. The van der Waals surface area contributed by atoms with E-state index in [4.69, 9.17) is 5.26 Å². The van der Waals surface area contributed by atoms with Crippen LogP contribution >= 0.6 is 0 Å². The Labute approximate surface area is 176 Å². The fraction of sp³-hybridized carbons (Fsp3) is 0.143. The maximum absolute atomic E-state index is 13.0. The first-order valence-corrected chi connectivity index (χ1v) is 12.0. The molecule has 0 aliphatic heterocycles. The van der Waals surface area contributed by atoms with Crippen molar-refractivity contribution >= 4 is 19.9 Å². The van der Waals surface area contributed by atoms with Gasteiger partial charge in [0.15, 0.2) is 0 Å². The average molecular weight is 442 g/mol. The molecule has 1 aromatic heterocycles. The van der Waals surface area contributed by atoms with E-state index in [1.165, 1.54) is 36.4 Å². The Balaban J connectivity index is 1.89. The third-order valence-corrected chi connectivity index (χ3v) is 7.78. The van der Waals surface area contributed by atoms with Crippen molar-refractivity contribution in [1.82, 2.24) is 9.71 Å². The molecule has 0 aliphatic rings. The Hall–Kier alpha value is -3.06. The zero-order valence-corrected chi connectivity index (χ0v) is 17.7.